The van der Waals surface area contributed by atoms with Crippen molar-refractivity contribution in [3.05, 3.63) is 51.2 Å². The van der Waals surface area contributed by atoms with E-state index in [2.05, 4.69) is 10.6 Å². The van der Waals surface area contributed by atoms with Crippen molar-refractivity contribution in [2.24, 2.45) is 0 Å². The number of aliphatic hydroxyl groups excluding tert-OH is 1. The van der Waals surface area contributed by atoms with E-state index in [-0.39, 0.29) is 18.4 Å². The molecule has 5 nitrogen and oxygen atoms in total. The molecular formula is C15H15ClN2O3S. The summed E-state index contributed by atoms with van der Waals surface area (Å²) in [6, 6.07) is 8.09. The SMILES string of the molecule is C[C@H](O)CNC(=O)c1ccc(Cl)c(NC(=O)c2cccs2)c1. The van der Waals surface area contributed by atoms with Crippen molar-refractivity contribution in [2.75, 3.05) is 11.9 Å². The number of aliphatic hydroxyl groups is 1. The first-order valence-corrected chi connectivity index (χ1v) is 7.84. The molecule has 1 aromatic heterocycles. The highest BCUT2D eigenvalue weighted by atomic mass is 35.5. The van der Waals surface area contributed by atoms with Crippen molar-refractivity contribution in [2.45, 2.75) is 13.0 Å². The highest BCUT2D eigenvalue weighted by Crippen LogP contribution is 2.24. The Morgan fingerprint density at radius 2 is 2.09 bits per heavy atom. The summed E-state index contributed by atoms with van der Waals surface area (Å²) in [5.41, 5.74) is 0.719. The Kier molecular flexibility index (Phi) is 5.54. The van der Waals surface area contributed by atoms with Gasteiger partial charge < -0.3 is 15.7 Å². The van der Waals surface area contributed by atoms with E-state index in [1.165, 1.54) is 17.4 Å². The van der Waals surface area contributed by atoms with Crippen LogP contribution in [-0.2, 0) is 0 Å². The van der Waals surface area contributed by atoms with E-state index < -0.39 is 6.10 Å². The summed E-state index contributed by atoms with van der Waals surface area (Å²) in [7, 11) is 0. The van der Waals surface area contributed by atoms with Gasteiger partial charge in [0.05, 0.1) is 21.7 Å². The van der Waals surface area contributed by atoms with Gasteiger partial charge in [0, 0.05) is 12.1 Å². The van der Waals surface area contributed by atoms with Crippen LogP contribution in [0.2, 0.25) is 5.02 Å². The molecule has 0 unspecified atom stereocenters. The fourth-order valence-corrected chi connectivity index (χ4v) is 2.48. The van der Waals surface area contributed by atoms with Crippen molar-refractivity contribution < 1.29 is 14.7 Å². The molecule has 2 rings (SSSR count). The molecule has 0 saturated heterocycles. The molecule has 0 bridgehead atoms. The molecule has 2 aromatic rings. The lowest BCUT2D eigenvalue weighted by molar-refractivity contribution is 0.0923. The normalized spacial score (nSPS) is 11.8. The maximum atomic E-state index is 12.0. The number of halogens is 1. The smallest absolute Gasteiger partial charge is 0.265 e. The number of anilines is 1. The maximum Gasteiger partial charge on any atom is 0.265 e. The predicted octanol–water partition coefficient (Wildman–Crippen LogP) is 2.76. The third-order valence-electron chi connectivity index (χ3n) is 2.78. The Balaban J connectivity index is 2.13. The molecular weight excluding hydrogens is 324 g/mol. The zero-order valence-corrected chi connectivity index (χ0v) is 13.4. The van der Waals surface area contributed by atoms with Gasteiger partial charge in [0.15, 0.2) is 0 Å². The summed E-state index contributed by atoms with van der Waals surface area (Å²) in [4.78, 5) is 24.5. The van der Waals surface area contributed by atoms with Gasteiger partial charge >= 0.3 is 0 Å². The Morgan fingerprint density at radius 1 is 1.32 bits per heavy atom. The summed E-state index contributed by atoms with van der Waals surface area (Å²) < 4.78 is 0. The van der Waals surface area contributed by atoms with Crippen LogP contribution < -0.4 is 10.6 Å². The van der Waals surface area contributed by atoms with Crippen molar-refractivity contribution in [1.82, 2.24) is 5.32 Å². The first-order chi connectivity index (χ1) is 10.5. The van der Waals surface area contributed by atoms with Crippen LogP contribution in [0.4, 0.5) is 5.69 Å². The highest BCUT2D eigenvalue weighted by molar-refractivity contribution is 7.12. The van der Waals surface area contributed by atoms with Gasteiger partial charge in [0.1, 0.15) is 0 Å². The summed E-state index contributed by atoms with van der Waals surface area (Å²) >= 11 is 7.37. The van der Waals surface area contributed by atoms with Crippen LogP contribution in [0.1, 0.15) is 27.0 Å². The highest BCUT2D eigenvalue weighted by Gasteiger charge is 2.13. The number of thiophene rings is 1. The molecule has 0 aliphatic carbocycles. The number of hydrogen-bond donors (Lipinski definition) is 3. The van der Waals surface area contributed by atoms with Crippen LogP contribution in [0.3, 0.4) is 0 Å². The molecule has 0 aliphatic heterocycles. The molecule has 2 amide bonds. The van der Waals surface area contributed by atoms with Gasteiger partial charge in [-0.3, -0.25) is 9.59 Å². The zero-order chi connectivity index (χ0) is 16.1. The topological polar surface area (TPSA) is 78.4 Å². The number of carbonyl (C=O) groups excluding carboxylic acids is 2. The number of benzene rings is 1. The molecule has 7 heteroatoms. The monoisotopic (exact) mass is 338 g/mol. The maximum absolute atomic E-state index is 12.0. The number of carbonyl (C=O) groups is 2. The zero-order valence-electron chi connectivity index (χ0n) is 11.8. The molecule has 22 heavy (non-hydrogen) atoms. The minimum absolute atomic E-state index is 0.151. The largest absolute Gasteiger partial charge is 0.392 e. The third kappa shape index (κ3) is 4.30. The Labute approximate surface area is 136 Å². The summed E-state index contributed by atoms with van der Waals surface area (Å²) in [5.74, 6) is -0.623. The number of hydrogen-bond acceptors (Lipinski definition) is 4. The van der Waals surface area contributed by atoms with Crippen LogP contribution in [-0.4, -0.2) is 29.6 Å². The van der Waals surface area contributed by atoms with E-state index in [4.69, 9.17) is 11.6 Å². The predicted molar refractivity (Wildman–Crippen MR) is 87.7 cm³/mol. The van der Waals surface area contributed by atoms with E-state index in [0.717, 1.165) is 0 Å². The Hall–Kier alpha value is -1.89. The summed E-state index contributed by atoms with van der Waals surface area (Å²) in [5, 5.41) is 16.6. The average molecular weight is 339 g/mol. The molecule has 1 heterocycles. The molecule has 0 radical (unpaired) electrons. The minimum atomic E-state index is -0.630. The van der Waals surface area contributed by atoms with E-state index in [0.29, 0.717) is 21.2 Å². The van der Waals surface area contributed by atoms with E-state index >= 15 is 0 Å². The van der Waals surface area contributed by atoms with Crippen molar-refractivity contribution >= 4 is 40.4 Å². The van der Waals surface area contributed by atoms with Gasteiger partial charge in [0.25, 0.3) is 11.8 Å². The standard InChI is InChI=1S/C15H15ClN2O3S/c1-9(19)8-17-14(20)10-4-5-11(16)12(7-10)18-15(21)13-3-2-6-22-13/h2-7,9,19H,8H2,1H3,(H,17,20)(H,18,21)/t9-/m0/s1. The van der Waals surface area contributed by atoms with Crippen LogP contribution >= 0.6 is 22.9 Å². The third-order valence-corrected chi connectivity index (χ3v) is 3.98. The molecule has 1 atom stereocenters. The summed E-state index contributed by atoms with van der Waals surface area (Å²) in [6.45, 7) is 1.73. The second-order valence-corrected chi connectivity index (χ2v) is 6.04. The summed E-state index contributed by atoms with van der Waals surface area (Å²) in [6.07, 6.45) is -0.630. The van der Waals surface area contributed by atoms with Crippen LogP contribution in [0, 0.1) is 0 Å². The van der Waals surface area contributed by atoms with Gasteiger partial charge in [-0.15, -0.1) is 11.3 Å². The first-order valence-electron chi connectivity index (χ1n) is 6.58. The van der Waals surface area contributed by atoms with Gasteiger partial charge in [-0.2, -0.15) is 0 Å². The molecule has 1 aromatic carbocycles. The number of rotatable bonds is 5. The van der Waals surface area contributed by atoms with E-state index in [1.807, 2.05) is 0 Å². The van der Waals surface area contributed by atoms with Gasteiger partial charge in [-0.1, -0.05) is 17.7 Å². The van der Waals surface area contributed by atoms with Crippen molar-refractivity contribution in [3.8, 4) is 0 Å². The second kappa shape index (κ2) is 7.40. The molecule has 0 aliphatic rings. The number of amides is 2. The average Bonchev–Trinajstić information content (AvgIpc) is 3.01. The van der Waals surface area contributed by atoms with Gasteiger partial charge in [0.2, 0.25) is 0 Å². The Morgan fingerprint density at radius 3 is 2.73 bits per heavy atom. The van der Waals surface area contributed by atoms with Crippen LogP contribution in [0.25, 0.3) is 0 Å². The second-order valence-electron chi connectivity index (χ2n) is 4.69. The quantitative estimate of drug-likeness (QED) is 0.784. The lowest BCUT2D eigenvalue weighted by Gasteiger charge is -2.10. The first kappa shape index (κ1) is 16.5. The molecule has 0 saturated carbocycles. The van der Waals surface area contributed by atoms with Crippen molar-refractivity contribution in [1.29, 1.82) is 0 Å². The molecule has 0 spiro atoms. The fraction of sp³-hybridized carbons (Fsp3) is 0.200. The fourth-order valence-electron chi connectivity index (χ4n) is 1.70. The molecule has 3 N–H and O–H groups in total. The minimum Gasteiger partial charge on any atom is -0.392 e. The van der Waals surface area contributed by atoms with E-state index in [1.54, 1.807) is 36.6 Å². The van der Waals surface area contributed by atoms with Crippen LogP contribution in [0.15, 0.2) is 35.7 Å². The van der Waals surface area contributed by atoms with Crippen LogP contribution in [0.5, 0.6) is 0 Å². The van der Waals surface area contributed by atoms with Crippen molar-refractivity contribution in [3.63, 3.8) is 0 Å². The lowest BCUT2D eigenvalue weighted by atomic mass is 10.2. The molecule has 0 fully saturated rings. The molecule has 116 valence electrons. The number of nitrogens with one attached hydrogen (secondary N) is 2. The Bertz CT molecular complexity index is 671. The van der Waals surface area contributed by atoms with Gasteiger partial charge in [-0.25, -0.2) is 0 Å². The van der Waals surface area contributed by atoms with E-state index in [9.17, 15) is 14.7 Å². The van der Waals surface area contributed by atoms with Gasteiger partial charge in [-0.05, 0) is 36.6 Å². The lowest BCUT2D eigenvalue weighted by Crippen LogP contribution is -2.30.